The zero-order chi connectivity index (χ0) is 12.5. The summed E-state index contributed by atoms with van der Waals surface area (Å²) in [6.45, 7) is 2.76. The van der Waals surface area contributed by atoms with Crippen molar-refractivity contribution in [2.24, 2.45) is 0 Å². The molecule has 0 amide bonds. The minimum atomic E-state index is -0.621. The summed E-state index contributed by atoms with van der Waals surface area (Å²) in [5.41, 5.74) is 2.93. The summed E-state index contributed by atoms with van der Waals surface area (Å²) in [6, 6.07) is 7.72. The fraction of sp³-hybridized carbons (Fsp3) is 0.333. The van der Waals surface area contributed by atoms with Crippen molar-refractivity contribution in [1.29, 1.82) is 0 Å². The van der Waals surface area contributed by atoms with Crippen LogP contribution in [-0.4, -0.2) is 11.7 Å². The lowest BCUT2D eigenvalue weighted by Gasteiger charge is -2.12. The maximum Gasteiger partial charge on any atom is 0.122 e. The second kappa shape index (κ2) is 4.50. The lowest BCUT2D eigenvalue weighted by Crippen LogP contribution is -2.01. The number of furan rings is 1. The van der Waals surface area contributed by atoms with E-state index in [0.29, 0.717) is 0 Å². The van der Waals surface area contributed by atoms with Crippen molar-refractivity contribution in [3.63, 3.8) is 0 Å². The third kappa shape index (κ3) is 1.81. The molecule has 0 bridgehead atoms. The molecule has 0 fully saturated rings. The number of ether oxygens (including phenoxy) is 1. The Balaban J connectivity index is 1.95. The number of fused-ring (bicyclic) bond motifs is 1. The Morgan fingerprint density at radius 1 is 1.33 bits per heavy atom. The van der Waals surface area contributed by atoms with Crippen molar-refractivity contribution >= 4 is 0 Å². The van der Waals surface area contributed by atoms with Gasteiger partial charge in [-0.3, -0.25) is 0 Å². The molecule has 1 aromatic heterocycles. The van der Waals surface area contributed by atoms with Gasteiger partial charge in [0.25, 0.3) is 0 Å². The Kier molecular flexibility index (Phi) is 2.84. The first-order chi connectivity index (χ1) is 8.79. The van der Waals surface area contributed by atoms with Crippen LogP contribution in [-0.2, 0) is 12.8 Å². The lowest BCUT2D eigenvalue weighted by atomic mass is 9.98. The summed E-state index contributed by atoms with van der Waals surface area (Å²) in [5, 5.41) is 10.4. The van der Waals surface area contributed by atoms with Gasteiger partial charge in [0.2, 0.25) is 0 Å². The molecule has 2 heterocycles. The van der Waals surface area contributed by atoms with E-state index in [4.69, 9.17) is 9.15 Å². The largest absolute Gasteiger partial charge is 0.493 e. The highest BCUT2D eigenvalue weighted by Gasteiger charge is 2.19. The van der Waals surface area contributed by atoms with Gasteiger partial charge in [0, 0.05) is 18.4 Å². The molecule has 0 saturated heterocycles. The quantitative estimate of drug-likeness (QED) is 0.902. The molecule has 1 atom stereocenters. The molecule has 1 aliphatic rings. The standard InChI is InChI=1S/C15H16O3/c1-2-13-12(6-8-17-13)15(16)11-3-4-14-10(9-11)5-7-18-14/h3-4,6,8-9,15-16H,2,5,7H2,1H3. The number of aliphatic hydroxyl groups is 1. The van der Waals surface area contributed by atoms with Crippen molar-refractivity contribution < 1.29 is 14.3 Å². The van der Waals surface area contributed by atoms with E-state index < -0.39 is 6.10 Å². The summed E-state index contributed by atoms with van der Waals surface area (Å²) < 4.78 is 10.8. The van der Waals surface area contributed by atoms with E-state index in [1.54, 1.807) is 6.26 Å². The minimum Gasteiger partial charge on any atom is -0.493 e. The van der Waals surface area contributed by atoms with E-state index in [0.717, 1.165) is 42.1 Å². The van der Waals surface area contributed by atoms with Gasteiger partial charge >= 0.3 is 0 Å². The molecule has 1 aliphatic heterocycles. The SMILES string of the molecule is CCc1occc1C(O)c1ccc2c(c1)CCO2. The average molecular weight is 244 g/mol. The lowest BCUT2D eigenvalue weighted by molar-refractivity contribution is 0.217. The first-order valence-corrected chi connectivity index (χ1v) is 6.29. The molecule has 1 unspecified atom stereocenters. The molecule has 18 heavy (non-hydrogen) atoms. The van der Waals surface area contributed by atoms with Gasteiger partial charge in [-0.2, -0.15) is 0 Å². The Hall–Kier alpha value is -1.74. The van der Waals surface area contributed by atoms with E-state index in [-0.39, 0.29) is 0 Å². The van der Waals surface area contributed by atoms with Crippen LogP contribution in [0.1, 0.15) is 35.5 Å². The molecule has 3 rings (SSSR count). The van der Waals surface area contributed by atoms with Crippen LogP contribution in [0.25, 0.3) is 0 Å². The summed E-state index contributed by atoms with van der Waals surface area (Å²) in [7, 11) is 0. The van der Waals surface area contributed by atoms with E-state index in [1.165, 1.54) is 5.56 Å². The van der Waals surface area contributed by atoms with Crippen LogP contribution in [0.15, 0.2) is 34.9 Å². The van der Waals surface area contributed by atoms with Gasteiger partial charge in [0.05, 0.1) is 12.9 Å². The fourth-order valence-electron chi connectivity index (χ4n) is 2.44. The van der Waals surface area contributed by atoms with Crippen LogP contribution in [0.5, 0.6) is 5.75 Å². The van der Waals surface area contributed by atoms with Crippen molar-refractivity contribution in [3.05, 3.63) is 53.0 Å². The Bertz CT molecular complexity index is 557. The minimum absolute atomic E-state index is 0.621. The smallest absolute Gasteiger partial charge is 0.122 e. The molecule has 2 aromatic rings. The normalized spacial score (nSPS) is 15.2. The third-order valence-corrected chi connectivity index (χ3v) is 3.42. The van der Waals surface area contributed by atoms with Gasteiger partial charge in [0.1, 0.15) is 17.6 Å². The Labute approximate surface area is 106 Å². The monoisotopic (exact) mass is 244 g/mol. The zero-order valence-corrected chi connectivity index (χ0v) is 10.3. The van der Waals surface area contributed by atoms with Crippen molar-refractivity contribution in [1.82, 2.24) is 0 Å². The molecule has 0 saturated carbocycles. The van der Waals surface area contributed by atoms with Gasteiger partial charge in [0.15, 0.2) is 0 Å². The molecule has 0 radical (unpaired) electrons. The van der Waals surface area contributed by atoms with Gasteiger partial charge in [-0.05, 0) is 29.3 Å². The first kappa shape index (κ1) is 11.4. The van der Waals surface area contributed by atoms with Gasteiger partial charge in [-0.25, -0.2) is 0 Å². The molecule has 94 valence electrons. The number of hydrogen-bond acceptors (Lipinski definition) is 3. The summed E-state index contributed by atoms with van der Waals surface area (Å²) in [4.78, 5) is 0. The number of hydrogen-bond donors (Lipinski definition) is 1. The number of aryl methyl sites for hydroxylation is 1. The summed E-state index contributed by atoms with van der Waals surface area (Å²) in [6.07, 6.45) is 2.72. The number of rotatable bonds is 3. The molecule has 0 aliphatic carbocycles. The zero-order valence-electron chi connectivity index (χ0n) is 10.3. The third-order valence-electron chi connectivity index (χ3n) is 3.42. The van der Waals surface area contributed by atoms with Crippen LogP contribution in [0.4, 0.5) is 0 Å². The second-order valence-electron chi connectivity index (χ2n) is 4.52. The summed E-state index contributed by atoms with van der Waals surface area (Å²) >= 11 is 0. The van der Waals surface area contributed by atoms with Crippen molar-refractivity contribution in [2.75, 3.05) is 6.61 Å². The van der Waals surface area contributed by atoms with E-state index in [1.807, 2.05) is 31.2 Å². The van der Waals surface area contributed by atoms with E-state index in [2.05, 4.69) is 0 Å². The Morgan fingerprint density at radius 3 is 3.06 bits per heavy atom. The van der Waals surface area contributed by atoms with Crippen LogP contribution in [0, 0.1) is 0 Å². The molecule has 3 heteroatoms. The predicted molar refractivity (Wildman–Crippen MR) is 67.8 cm³/mol. The average Bonchev–Trinajstić information content (AvgIpc) is 3.05. The van der Waals surface area contributed by atoms with E-state index in [9.17, 15) is 5.11 Å². The maximum atomic E-state index is 10.4. The number of aliphatic hydroxyl groups excluding tert-OH is 1. The van der Waals surface area contributed by atoms with Crippen molar-refractivity contribution in [2.45, 2.75) is 25.9 Å². The molecule has 0 spiro atoms. The highest BCUT2D eigenvalue weighted by molar-refractivity contribution is 5.42. The fourth-order valence-corrected chi connectivity index (χ4v) is 2.44. The molecule has 3 nitrogen and oxygen atoms in total. The molecule has 1 aromatic carbocycles. The first-order valence-electron chi connectivity index (χ1n) is 6.29. The van der Waals surface area contributed by atoms with Crippen LogP contribution < -0.4 is 4.74 Å². The molecular weight excluding hydrogens is 228 g/mol. The van der Waals surface area contributed by atoms with Gasteiger partial charge in [-0.15, -0.1) is 0 Å². The second-order valence-corrected chi connectivity index (χ2v) is 4.52. The maximum absolute atomic E-state index is 10.4. The van der Waals surface area contributed by atoms with Gasteiger partial charge < -0.3 is 14.3 Å². The molecular formula is C15H16O3. The predicted octanol–water partition coefficient (Wildman–Crippen LogP) is 2.86. The van der Waals surface area contributed by atoms with Gasteiger partial charge in [-0.1, -0.05) is 13.0 Å². The number of benzene rings is 1. The van der Waals surface area contributed by atoms with Crippen molar-refractivity contribution in [3.8, 4) is 5.75 Å². The van der Waals surface area contributed by atoms with Crippen LogP contribution in [0.3, 0.4) is 0 Å². The molecule has 1 N–H and O–H groups in total. The van der Waals surface area contributed by atoms with E-state index >= 15 is 0 Å². The Morgan fingerprint density at radius 2 is 2.22 bits per heavy atom. The summed E-state index contributed by atoms with van der Waals surface area (Å²) in [5.74, 6) is 1.79. The highest BCUT2D eigenvalue weighted by Crippen LogP contribution is 2.32. The van der Waals surface area contributed by atoms with Crippen LogP contribution >= 0.6 is 0 Å². The van der Waals surface area contributed by atoms with Crippen LogP contribution in [0.2, 0.25) is 0 Å². The highest BCUT2D eigenvalue weighted by atomic mass is 16.5. The topological polar surface area (TPSA) is 42.6 Å².